The Morgan fingerprint density at radius 1 is 1.24 bits per heavy atom. The van der Waals surface area contributed by atoms with Crippen molar-refractivity contribution in [2.24, 2.45) is 0 Å². The maximum absolute atomic E-state index is 12.1. The molecule has 0 saturated heterocycles. The number of aromatic nitrogens is 1. The van der Waals surface area contributed by atoms with Crippen LogP contribution in [0.5, 0.6) is 0 Å². The van der Waals surface area contributed by atoms with E-state index >= 15 is 0 Å². The predicted octanol–water partition coefficient (Wildman–Crippen LogP) is 3.44. The second kappa shape index (κ2) is 8.11. The molecule has 0 atom stereocenters. The number of allylic oxidation sites excluding steroid dienone is 1. The highest BCUT2D eigenvalue weighted by Gasteiger charge is 2.32. The molecule has 0 saturated carbocycles. The number of likely N-dealkylation sites (N-methyl/N-ethyl adjacent to an activating group) is 1. The van der Waals surface area contributed by atoms with E-state index in [9.17, 15) is 14.7 Å². The van der Waals surface area contributed by atoms with Crippen LogP contribution in [-0.4, -0.2) is 33.4 Å². The quantitative estimate of drug-likeness (QED) is 0.377. The highest BCUT2D eigenvalue weighted by atomic mass is 16.3. The molecule has 2 amide bonds. The average Bonchev–Trinajstić information content (AvgIpc) is 3.01. The first-order valence-electron chi connectivity index (χ1n) is 8.05. The molecule has 2 aromatic rings. The largest absolute Gasteiger partial charge is 0.505 e. The molecule has 0 spiro atoms. The van der Waals surface area contributed by atoms with Gasteiger partial charge >= 0.3 is 11.6 Å². The molecule has 1 aromatic carbocycles. The van der Waals surface area contributed by atoms with Crippen LogP contribution in [-0.2, 0) is 16.1 Å². The van der Waals surface area contributed by atoms with Gasteiger partial charge < -0.3 is 9.67 Å². The van der Waals surface area contributed by atoms with Gasteiger partial charge in [0.15, 0.2) is 10.7 Å². The van der Waals surface area contributed by atoms with Gasteiger partial charge in [0.2, 0.25) is 11.3 Å². The van der Waals surface area contributed by atoms with Crippen LogP contribution in [0.3, 0.4) is 0 Å². The monoisotopic (exact) mass is 341 g/mol. The first-order valence-corrected chi connectivity index (χ1v) is 8.05. The van der Waals surface area contributed by atoms with Gasteiger partial charge in [-0.15, -0.1) is 0 Å². The molecule has 0 fully saturated rings. The zero-order valence-corrected chi connectivity index (χ0v) is 14.3. The number of imide groups is 1. The predicted molar refractivity (Wildman–Crippen MR) is 94.0 cm³/mol. The third-order valence-corrected chi connectivity index (χ3v) is 4.04. The summed E-state index contributed by atoms with van der Waals surface area (Å²) in [6.45, 7) is 2.00. The van der Waals surface area contributed by atoms with Crippen LogP contribution in [0.2, 0.25) is 0 Å². The topological polar surface area (TPSA) is 90.7 Å². The molecule has 0 unspecified atom stereocenters. The summed E-state index contributed by atoms with van der Waals surface area (Å²) < 4.78 is 2.13. The molecule has 7 nitrogen and oxygen atoms in total. The number of nitrogens with zero attached hydrogens (tertiary/aromatic N) is 4. The van der Waals surface area contributed by atoms with Gasteiger partial charge in [0.25, 0.3) is 0 Å². The lowest BCUT2D eigenvalue weighted by Crippen LogP contribution is -2.33. The van der Waals surface area contributed by atoms with Crippen LogP contribution in [0.15, 0.2) is 48.0 Å². The minimum Gasteiger partial charge on any atom is -0.505 e. The van der Waals surface area contributed by atoms with Crippen LogP contribution < -0.4 is 0 Å². The Morgan fingerprint density at radius 3 is 2.64 bits per heavy atom. The summed E-state index contributed by atoms with van der Waals surface area (Å²) in [4.78, 5) is 27.6. The highest BCUT2D eigenvalue weighted by Crippen LogP contribution is 2.16. The molecule has 1 aromatic heterocycles. The van der Waals surface area contributed by atoms with E-state index in [0.29, 0.717) is 6.42 Å². The van der Waals surface area contributed by atoms with E-state index in [1.807, 2.05) is 18.3 Å². The molecule has 7 heteroatoms. The number of hydrogen-bond acceptors (Lipinski definition) is 4. The van der Waals surface area contributed by atoms with Crippen molar-refractivity contribution in [3.63, 3.8) is 0 Å². The lowest BCUT2D eigenvalue weighted by atomic mass is 10.2. The van der Waals surface area contributed by atoms with Gasteiger partial charge in [-0.2, -0.15) is 0 Å². The van der Waals surface area contributed by atoms with E-state index in [4.69, 9.17) is 5.39 Å². The average molecular weight is 341 g/mol. The molecular weight excluding hydrogens is 320 g/mol. The fraction of sp³-hybridized carbons (Fsp3) is 0.333. The maximum Gasteiger partial charge on any atom is 0.485 e. The molecule has 130 valence electrons. The number of diazo groups is 1. The van der Waals surface area contributed by atoms with E-state index in [0.717, 1.165) is 23.4 Å². The molecule has 2 rings (SSSR count). The van der Waals surface area contributed by atoms with E-state index < -0.39 is 17.4 Å². The molecular formula is C18H21N4O3+. The molecule has 25 heavy (non-hydrogen) atoms. The molecule has 0 aliphatic rings. The normalized spacial score (nSPS) is 11.7. The Morgan fingerprint density at radius 2 is 1.96 bits per heavy atom. The van der Waals surface area contributed by atoms with Gasteiger partial charge in [0.1, 0.15) is 0 Å². The van der Waals surface area contributed by atoms with Crippen LogP contribution in [0.25, 0.3) is 15.9 Å². The first kappa shape index (κ1) is 18.2. The standard InChI is InChI=1S/C18H20N4O3/c1-13(23)17(20-19)18(25)21(2)16(24)9-5-6-11-22-12-10-14-7-3-4-8-15(14)22/h3-4,7-8,10,12H,5-6,9,11H2,1-2H3/p+1. The number of fused-ring (bicyclic) bond motifs is 1. The molecule has 0 aliphatic heterocycles. The SMILES string of the molecule is C/C(O)=C(\[N+]#N)C(=O)N(C)C(=O)CCCCn1ccc2ccccc21. The van der Waals surface area contributed by atoms with Crippen molar-refractivity contribution in [1.29, 1.82) is 5.39 Å². The summed E-state index contributed by atoms with van der Waals surface area (Å²) in [6, 6.07) is 10.1. The minimum absolute atomic E-state index is 0.199. The number of amides is 2. The van der Waals surface area contributed by atoms with Crippen LogP contribution in [0, 0.1) is 5.39 Å². The molecule has 0 bridgehead atoms. The third kappa shape index (κ3) is 4.23. The number of unbranched alkanes of at least 4 members (excludes halogenated alkanes) is 1. The molecule has 0 radical (unpaired) electrons. The van der Waals surface area contributed by atoms with Crippen molar-refractivity contribution in [2.45, 2.75) is 32.7 Å². The fourth-order valence-corrected chi connectivity index (χ4v) is 2.60. The highest BCUT2D eigenvalue weighted by molar-refractivity contribution is 6.05. The van der Waals surface area contributed by atoms with Crippen molar-refractivity contribution < 1.29 is 14.7 Å². The summed E-state index contributed by atoms with van der Waals surface area (Å²) in [6.07, 6.45) is 3.63. The second-order valence-electron chi connectivity index (χ2n) is 5.82. The van der Waals surface area contributed by atoms with E-state index in [2.05, 4.69) is 27.7 Å². The summed E-state index contributed by atoms with van der Waals surface area (Å²) in [5, 5.41) is 19.2. The number of carbonyl (C=O) groups is 2. The lowest BCUT2D eigenvalue weighted by Gasteiger charge is -2.12. The Bertz CT molecular complexity index is 857. The van der Waals surface area contributed by atoms with Gasteiger partial charge in [-0.05, 0) is 30.4 Å². The smallest absolute Gasteiger partial charge is 0.485 e. The van der Waals surface area contributed by atoms with Crippen molar-refractivity contribution in [3.8, 4) is 0 Å². The molecule has 1 N–H and O–H groups in total. The number of benzene rings is 1. The number of aliphatic hydroxyl groups is 1. The Balaban J connectivity index is 1.85. The van der Waals surface area contributed by atoms with Crippen molar-refractivity contribution >= 4 is 22.7 Å². The minimum atomic E-state index is -0.830. The molecule has 0 aliphatic carbocycles. The van der Waals surface area contributed by atoms with Crippen molar-refractivity contribution in [2.75, 3.05) is 7.05 Å². The summed E-state index contributed by atoms with van der Waals surface area (Å²) in [5.41, 5.74) is 0.619. The van der Waals surface area contributed by atoms with Gasteiger partial charge in [-0.25, -0.2) is 0 Å². The van der Waals surface area contributed by atoms with Crippen LogP contribution >= 0.6 is 0 Å². The zero-order valence-electron chi connectivity index (χ0n) is 14.3. The summed E-state index contributed by atoms with van der Waals surface area (Å²) in [7, 11) is 1.30. The van der Waals surface area contributed by atoms with Gasteiger partial charge in [0, 0.05) is 38.7 Å². The van der Waals surface area contributed by atoms with Gasteiger partial charge in [-0.1, -0.05) is 18.2 Å². The van der Waals surface area contributed by atoms with Gasteiger partial charge in [-0.3, -0.25) is 14.5 Å². The Hall–Kier alpha value is -3.14. The first-order chi connectivity index (χ1) is 12.0. The van der Waals surface area contributed by atoms with Crippen molar-refractivity contribution in [3.05, 3.63) is 53.0 Å². The third-order valence-electron chi connectivity index (χ3n) is 4.04. The number of aryl methyl sites for hydroxylation is 1. The lowest BCUT2D eigenvalue weighted by molar-refractivity contribution is -0.140. The molecule has 1 heterocycles. The summed E-state index contributed by atoms with van der Waals surface area (Å²) >= 11 is 0. The van der Waals surface area contributed by atoms with Gasteiger partial charge in [0.05, 0.1) is 0 Å². The van der Waals surface area contributed by atoms with Crippen LogP contribution in [0.4, 0.5) is 0 Å². The summed E-state index contributed by atoms with van der Waals surface area (Å²) in [5.74, 6) is -1.65. The van der Waals surface area contributed by atoms with Crippen molar-refractivity contribution in [1.82, 2.24) is 9.47 Å². The van der Waals surface area contributed by atoms with E-state index in [-0.39, 0.29) is 12.3 Å². The number of rotatable bonds is 6. The Kier molecular flexibility index (Phi) is 5.90. The zero-order chi connectivity index (χ0) is 18.4. The van der Waals surface area contributed by atoms with E-state index in [1.165, 1.54) is 19.4 Å². The maximum atomic E-state index is 12.1. The second-order valence-corrected chi connectivity index (χ2v) is 5.82. The van der Waals surface area contributed by atoms with E-state index in [1.54, 1.807) is 0 Å². The van der Waals surface area contributed by atoms with Crippen LogP contribution in [0.1, 0.15) is 26.2 Å². The number of carbonyl (C=O) groups excluding carboxylic acids is 2. The fourth-order valence-electron chi connectivity index (χ4n) is 2.60. The Labute approximate surface area is 145 Å². The number of hydrogen-bond donors (Lipinski definition) is 1. The number of aliphatic hydroxyl groups excluding tert-OH is 1. The number of para-hydroxylation sites is 1.